The Kier molecular flexibility index (Phi) is 6.57. The van der Waals surface area contributed by atoms with Crippen LogP contribution in [0, 0.1) is 23.0 Å². The number of carbonyl (C=O) groups is 1. The van der Waals surface area contributed by atoms with Crippen molar-refractivity contribution in [1.29, 1.82) is 0 Å². The number of alkyl halides is 1. The second-order valence-corrected chi connectivity index (χ2v) is 10.9. The number of benzene rings is 2. The van der Waals surface area contributed by atoms with Gasteiger partial charge in [-0.1, -0.05) is 51.1 Å². The van der Waals surface area contributed by atoms with Crippen molar-refractivity contribution in [2.45, 2.75) is 51.7 Å². The molecule has 5 rings (SSSR count). The van der Waals surface area contributed by atoms with E-state index in [0.29, 0.717) is 5.82 Å². The van der Waals surface area contributed by atoms with Crippen molar-refractivity contribution in [2.75, 3.05) is 13.1 Å². The van der Waals surface area contributed by atoms with Crippen molar-refractivity contribution in [3.8, 4) is 11.4 Å². The van der Waals surface area contributed by atoms with Crippen molar-refractivity contribution in [3.63, 3.8) is 0 Å². The normalized spacial score (nSPS) is 24.8. The van der Waals surface area contributed by atoms with Gasteiger partial charge in [0.15, 0.2) is 11.6 Å². The van der Waals surface area contributed by atoms with E-state index in [1.54, 1.807) is 4.68 Å². The Morgan fingerprint density at radius 1 is 1.16 bits per heavy atom. The summed E-state index contributed by atoms with van der Waals surface area (Å²) in [5.74, 6) is -2.10. The van der Waals surface area contributed by atoms with E-state index in [9.17, 15) is 23.1 Å². The summed E-state index contributed by atoms with van der Waals surface area (Å²) in [4.78, 5) is 19.5. The summed E-state index contributed by atoms with van der Waals surface area (Å²) in [5, 5.41) is 18.3. The van der Waals surface area contributed by atoms with Gasteiger partial charge in [0.2, 0.25) is 0 Å². The van der Waals surface area contributed by atoms with E-state index in [2.05, 4.69) is 15.4 Å². The number of hydrogen-bond donors (Lipinski definition) is 2. The van der Waals surface area contributed by atoms with Gasteiger partial charge >= 0.3 is 0 Å². The second kappa shape index (κ2) is 9.57. The molecule has 10 heteroatoms. The second-order valence-electron chi connectivity index (χ2n) is 10.9. The first-order valence-electron chi connectivity index (χ1n) is 12.3. The molecule has 2 fully saturated rings. The van der Waals surface area contributed by atoms with Gasteiger partial charge in [0, 0.05) is 25.0 Å². The maximum absolute atomic E-state index is 14.7. The van der Waals surface area contributed by atoms with Gasteiger partial charge in [-0.15, -0.1) is 0 Å². The summed E-state index contributed by atoms with van der Waals surface area (Å²) < 4.78 is 45.1. The average molecular weight is 514 g/mol. The molecule has 1 amide bonds. The van der Waals surface area contributed by atoms with Crippen LogP contribution >= 0.6 is 0 Å². The van der Waals surface area contributed by atoms with Gasteiger partial charge in [-0.2, -0.15) is 5.10 Å². The summed E-state index contributed by atoms with van der Waals surface area (Å²) in [6.45, 7) is 6.14. The molecule has 2 aliphatic heterocycles. The predicted molar refractivity (Wildman–Crippen MR) is 131 cm³/mol. The largest absolute Gasteiger partial charge is 0.382 e. The molecule has 0 radical (unpaired) electrons. The number of amides is 1. The number of rotatable bonds is 5. The Bertz CT molecular complexity index is 1290. The van der Waals surface area contributed by atoms with Gasteiger partial charge in [0.05, 0.1) is 18.2 Å². The molecule has 0 bridgehead atoms. The van der Waals surface area contributed by atoms with E-state index >= 15 is 0 Å². The highest BCUT2D eigenvalue weighted by molar-refractivity contribution is 5.83. The molecule has 0 spiro atoms. The molecule has 2 N–H and O–H groups in total. The molecule has 2 aromatic carbocycles. The highest BCUT2D eigenvalue weighted by Gasteiger charge is 2.52. The van der Waals surface area contributed by atoms with Gasteiger partial charge in [0.1, 0.15) is 23.9 Å². The van der Waals surface area contributed by atoms with Crippen LogP contribution in [-0.2, 0) is 11.3 Å². The molecule has 196 valence electrons. The number of carbonyl (C=O) groups excluding carboxylic acids is 1. The summed E-state index contributed by atoms with van der Waals surface area (Å²) >= 11 is 0. The third-order valence-corrected chi connectivity index (χ3v) is 7.18. The van der Waals surface area contributed by atoms with Crippen molar-refractivity contribution in [1.82, 2.24) is 25.0 Å². The molecule has 0 aliphatic carbocycles. The molecule has 3 heterocycles. The van der Waals surface area contributed by atoms with Crippen LogP contribution in [0.4, 0.5) is 13.2 Å². The molecule has 37 heavy (non-hydrogen) atoms. The quantitative estimate of drug-likeness (QED) is 0.546. The zero-order valence-electron chi connectivity index (χ0n) is 20.9. The van der Waals surface area contributed by atoms with E-state index in [4.69, 9.17) is 0 Å². The molecular weight excluding hydrogens is 483 g/mol. The summed E-state index contributed by atoms with van der Waals surface area (Å²) in [6.07, 6.45) is -2.62. The van der Waals surface area contributed by atoms with Gasteiger partial charge in [-0.05, 0) is 29.2 Å². The molecule has 0 saturated carbocycles. The highest BCUT2D eigenvalue weighted by Crippen LogP contribution is 2.42. The van der Waals surface area contributed by atoms with Crippen molar-refractivity contribution >= 4 is 5.91 Å². The maximum atomic E-state index is 14.7. The third-order valence-electron chi connectivity index (χ3n) is 7.18. The fourth-order valence-corrected chi connectivity index (χ4v) is 5.43. The lowest BCUT2D eigenvalue weighted by Gasteiger charge is -2.46. The summed E-state index contributed by atoms with van der Waals surface area (Å²) in [7, 11) is 0. The first-order valence-corrected chi connectivity index (χ1v) is 12.3. The van der Waals surface area contributed by atoms with Crippen LogP contribution in [0.15, 0.2) is 48.5 Å². The van der Waals surface area contributed by atoms with Crippen molar-refractivity contribution in [3.05, 3.63) is 71.6 Å². The Morgan fingerprint density at radius 3 is 2.59 bits per heavy atom. The fraction of sp³-hybridized carbons (Fsp3) is 0.444. The van der Waals surface area contributed by atoms with Crippen molar-refractivity contribution in [2.24, 2.45) is 11.3 Å². The van der Waals surface area contributed by atoms with Crippen molar-refractivity contribution < 1.29 is 23.1 Å². The van der Waals surface area contributed by atoms with E-state index in [1.165, 1.54) is 4.90 Å². The number of fused-ring (bicyclic) bond motifs is 1. The smallest absolute Gasteiger partial charge is 0.253 e. The molecular formula is C27H30F3N5O2. The van der Waals surface area contributed by atoms with Gasteiger partial charge in [0.25, 0.3) is 5.91 Å². The van der Waals surface area contributed by atoms with Crippen LogP contribution in [-0.4, -0.2) is 62.1 Å². The maximum Gasteiger partial charge on any atom is 0.253 e. The lowest BCUT2D eigenvalue weighted by atomic mass is 9.81. The Labute approximate surface area is 213 Å². The molecule has 2 saturated heterocycles. The molecule has 1 aromatic heterocycles. The standard InChI is InChI=1S/C27H30F3N5O2/c1-27(2,3)23(34-14-18-20(30)12-31-21(18)22(36)26(34)37)25-32-24(17-11-16(28)9-10-19(17)29)33-35(25)13-15-7-5-4-6-8-15/h4-11,18,20-23,31,36H,12-14H2,1-3H3/t18-,20-,21?,22-,23-/m0/s1. The number of aromatic nitrogens is 3. The minimum atomic E-state index is -1.41. The molecule has 5 atom stereocenters. The zero-order valence-corrected chi connectivity index (χ0v) is 20.9. The first kappa shape index (κ1) is 25.4. The molecule has 2 aliphatic rings. The number of nitrogens with one attached hydrogen (secondary N) is 1. The van der Waals surface area contributed by atoms with E-state index in [1.807, 2.05) is 51.1 Å². The number of piperidine rings is 1. The van der Waals surface area contributed by atoms with Crippen LogP contribution in [0.1, 0.15) is 38.2 Å². The third kappa shape index (κ3) is 4.75. The Hall–Kier alpha value is -3.24. The summed E-state index contributed by atoms with van der Waals surface area (Å²) in [6, 6.07) is 11.1. The monoisotopic (exact) mass is 513 g/mol. The molecule has 1 unspecified atom stereocenters. The van der Waals surface area contributed by atoms with Crippen LogP contribution in [0.25, 0.3) is 11.4 Å². The average Bonchev–Trinajstić information content (AvgIpc) is 3.42. The number of aliphatic hydroxyl groups is 1. The zero-order chi connectivity index (χ0) is 26.5. The number of aliphatic hydroxyl groups excluding tert-OH is 1. The number of nitrogens with zero attached hydrogens (tertiary/aromatic N) is 4. The number of hydrogen-bond acceptors (Lipinski definition) is 5. The van der Waals surface area contributed by atoms with Crippen LogP contribution in [0.3, 0.4) is 0 Å². The number of likely N-dealkylation sites (tertiary alicyclic amines) is 1. The van der Waals surface area contributed by atoms with Crippen LogP contribution in [0.5, 0.6) is 0 Å². The molecule has 7 nitrogen and oxygen atoms in total. The minimum absolute atomic E-state index is 0.0223. The lowest BCUT2D eigenvalue weighted by molar-refractivity contribution is -0.155. The lowest BCUT2D eigenvalue weighted by Crippen LogP contribution is -2.60. The van der Waals surface area contributed by atoms with Crippen LogP contribution < -0.4 is 5.32 Å². The minimum Gasteiger partial charge on any atom is -0.382 e. The first-order chi connectivity index (χ1) is 17.5. The van der Waals surface area contributed by atoms with Crippen LogP contribution in [0.2, 0.25) is 0 Å². The van der Waals surface area contributed by atoms with Gasteiger partial charge < -0.3 is 15.3 Å². The molecule has 3 aromatic rings. The highest BCUT2D eigenvalue weighted by atomic mass is 19.1. The van der Waals surface area contributed by atoms with E-state index < -0.39 is 53.2 Å². The van der Waals surface area contributed by atoms with E-state index in [-0.39, 0.29) is 31.0 Å². The Balaban J connectivity index is 1.64. The van der Waals surface area contributed by atoms with E-state index in [0.717, 1.165) is 23.8 Å². The van der Waals surface area contributed by atoms with Gasteiger partial charge in [-0.25, -0.2) is 22.8 Å². The topological polar surface area (TPSA) is 83.3 Å². The fourth-order valence-electron chi connectivity index (χ4n) is 5.43. The van der Waals surface area contributed by atoms with Gasteiger partial charge in [-0.3, -0.25) is 4.79 Å². The number of halogens is 3. The SMILES string of the molecule is CC(C)(C)[C@H](c1nc(-c2cc(F)ccc2F)nn1Cc1ccccc1)N1C[C@@H]2C(NC[C@@H]2F)[C@H](O)C1=O. The Morgan fingerprint density at radius 2 is 1.89 bits per heavy atom. The summed E-state index contributed by atoms with van der Waals surface area (Å²) in [5.41, 5.74) is 0.162. The predicted octanol–water partition coefficient (Wildman–Crippen LogP) is 3.49.